The smallest absolute Gasteiger partial charge is 0.165 e. The van der Waals surface area contributed by atoms with Gasteiger partial charge in [-0.05, 0) is 24.1 Å². The molecule has 2 aromatic carbocycles. The zero-order chi connectivity index (χ0) is 17.5. The van der Waals surface area contributed by atoms with E-state index < -0.39 is 0 Å². The number of nitrogens with zero attached hydrogens (tertiary/aromatic N) is 4. The van der Waals surface area contributed by atoms with Crippen molar-refractivity contribution in [2.24, 2.45) is 0 Å². The molecule has 0 spiro atoms. The molecule has 0 amide bonds. The standard InChI is InChI=1S/C20H24N4O/c1-2-19(25)14-23(13-17-9-5-3-6-10-17)15-20-21-16-24(22-20)18-11-7-4-8-12-18/h3-12,16,19,25H,2,13-15H2,1H3. The van der Waals surface area contributed by atoms with Gasteiger partial charge in [0.25, 0.3) is 0 Å². The van der Waals surface area contributed by atoms with E-state index in [9.17, 15) is 5.11 Å². The molecule has 0 aliphatic rings. The van der Waals surface area contributed by atoms with Gasteiger partial charge >= 0.3 is 0 Å². The molecule has 3 rings (SSSR count). The number of para-hydroxylation sites is 1. The molecule has 0 bridgehead atoms. The van der Waals surface area contributed by atoms with Crippen LogP contribution in [0.25, 0.3) is 5.69 Å². The molecule has 0 aliphatic carbocycles. The number of hydrogen-bond acceptors (Lipinski definition) is 4. The lowest BCUT2D eigenvalue weighted by Crippen LogP contribution is -2.31. The molecule has 3 aromatic rings. The summed E-state index contributed by atoms with van der Waals surface area (Å²) in [6.45, 7) is 3.96. The van der Waals surface area contributed by atoms with Crippen LogP contribution < -0.4 is 0 Å². The van der Waals surface area contributed by atoms with Crippen molar-refractivity contribution in [3.8, 4) is 5.69 Å². The van der Waals surface area contributed by atoms with E-state index in [1.54, 1.807) is 11.0 Å². The first-order valence-corrected chi connectivity index (χ1v) is 8.65. The Labute approximate surface area is 148 Å². The van der Waals surface area contributed by atoms with E-state index >= 15 is 0 Å². The van der Waals surface area contributed by atoms with Gasteiger partial charge in [0.05, 0.1) is 18.3 Å². The molecule has 1 aromatic heterocycles. The topological polar surface area (TPSA) is 54.2 Å². The third-order valence-electron chi connectivity index (χ3n) is 4.11. The highest BCUT2D eigenvalue weighted by atomic mass is 16.3. The number of aliphatic hydroxyl groups is 1. The van der Waals surface area contributed by atoms with Crippen molar-refractivity contribution in [2.75, 3.05) is 6.54 Å². The van der Waals surface area contributed by atoms with E-state index in [4.69, 9.17) is 0 Å². The quantitative estimate of drug-likeness (QED) is 0.687. The summed E-state index contributed by atoms with van der Waals surface area (Å²) in [4.78, 5) is 6.62. The van der Waals surface area contributed by atoms with Crippen molar-refractivity contribution in [3.05, 3.63) is 78.4 Å². The van der Waals surface area contributed by atoms with Gasteiger partial charge in [0.2, 0.25) is 0 Å². The van der Waals surface area contributed by atoms with Crippen molar-refractivity contribution in [3.63, 3.8) is 0 Å². The number of hydrogen-bond donors (Lipinski definition) is 1. The Hall–Kier alpha value is -2.50. The first-order valence-electron chi connectivity index (χ1n) is 8.65. The zero-order valence-electron chi connectivity index (χ0n) is 14.5. The van der Waals surface area contributed by atoms with Crippen LogP contribution in [0.1, 0.15) is 24.7 Å². The minimum absolute atomic E-state index is 0.347. The second kappa shape index (κ2) is 8.55. The molecule has 5 heteroatoms. The van der Waals surface area contributed by atoms with E-state index in [1.165, 1.54) is 5.56 Å². The second-order valence-electron chi connectivity index (χ2n) is 6.16. The van der Waals surface area contributed by atoms with Crippen LogP contribution in [-0.4, -0.2) is 37.4 Å². The van der Waals surface area contributed by atoms with Crippen LogP contribution in [0, 0.1) is 0 Å². The van der Waals surface area contributed by atoms with Crippen molar-refractivity contribution in [2.45, 2.75) is 32.5 Å². The van der Waals surface area contributed by atoms with Crippen molar-refractivity contribution >= 4 is 0 Å². The van der Waals surface area contributed by atoms with Gasteiger partial charge in [0.15, 0.2) is 5.82 Å². The number of rotatable bonds is 8. The molecule has 0 aliphatic heterocycles. The van der Waals surface area contributed by atoms with Gasteiger partial charge in [0.1, 0.15) is 6.33 Å². The molecule has 25 heavy (non-hydrogen) atoms. The summed E-state index contributed by atoms with van der Waals surface area (Å²) in [6.07, 6.45) is 2.12. The summed E-state index contributed by atoms with van der Waals surface area (Å²) in [5.41, 5.74) is 2.21. The van der Waals surface area contributed by atoms with Crippen LogP contribution in [-0.2, 0) is 13.1 Å². The van der Waals surface area contributed by atoms with E-state index in [0.717, 1.165) is 24.5 Å². The lowest BCUT2D eigenvalue weighted by molar-refractivity contribution is 0.0999. The van der Waals surface area contributed by atoms with Crippen LogP contribution >= 0.6 is 0 Å². The summed E-state index contributed by atoms with van der Waals surface area (Å²) in [7, 11) is 0. The molecule has 0 saturated carbocycles. The molecule has 0 saturated heterocycles. The Balaban J connectivity index is 1.72. The third-order valence-corrected chi connectivity index (χ3v) is 4.11. The van der Waals surface area contributed by atoms with Crippen LogP contribution in [0.2, 0.25) is 0 Å². The van der Waals surface area contributed by atoms with E-state index in [1.807, 2.05) is 55.5 Å². The minimum atomic E-state index is -0.347. The summed E-state index contributed by atoms with van der Waals surface area (Å²) >= 11 is 0. The maximum atomic E-state index is 10.1. The molecular formula is C20H24N4O. The van der Waals surface area contributed by atoms with Crippen LogP contribution in [0.5, 0.6) is 0 Å². The minimum Gasteiger partial charge on any atom is -0.392 e. The largest absolute Gasteiger partial charge is 0.392 e. The van der Waals surface area contributed by atoms with E-state index in [0.29, 0.717) is 13.1 Å². The fourth-order valence-corrected chi connectivity index (χ4v) is 2.73. The second-order valence-corrected chi connectivity index (χ2v) is 6.16. The highest BCUT2D eigenvalue weighted by Gasteiger charge is 2.14. The molecule has 1 atom stereocenters. The Morgan fingerprint density at radius 1 is 1.00 bits per heavy atom. The van der Waals surface area contributed by atoms with Gasteiger partial charge in [-0.3, -0.25) is 4.90 Å². The lowest BCUT2D eigenvalue weighted by atomic mass is 10.2. The van der Waals surface area contributed by atoms with Crippen LogP contribution in [0.15, 0.2) is 67.0 Å². The van der Waals surface area contributed by atoms with Gasteiger partial charge in [-0.2, -0.15) is 0 Å². The fraction of sp³-hybridized carbons (Fsp3) is 0.300. The van der Waals surface area contributed by atoms with Crippen molar-refractivity contribution in [1.29, 1.82) is 0 Å². The molecule has 0 fully saturated rings. The number of benzene rings is 2. The monoisotopic (exact) mass is 336 g/mol. The highest BCUT2D eigenvalue weighted by Crippen LogP contribution is 2.11. The fourth-order valence-electron chi connectivity index (χ4n) is 2.73. The molecular weight excluding hydrogens is 312 g/mol. The molecule has 0 radical (unpaired) electrons. The Bertz CT molecular complexity index is 758. The third kappa shape index (κ3) is 4.98. The van der Waals surface area contributed by atoms with E-state index in [-0.39, 0.29) is 6.10 Å². The zero-order valence-corrected chi connectivity index (χ0v) is 14.5. The summed E-state index contributed by atoms with van der Waals surface area (Å²) in [5.74, 6) is 0.753. The predicted molar refractivity (Wildman–Crippen MR) is 98.2 cm³/mol. The Morgan fingerprint density at radius 3 is 2.36 bits per heavy atom. The average Bonchev–Trinajstić information content (AvgIpc) is 3.11. The lowest BCUT2D eigenvalue weighted by Gasteiger charge is -2.23. The first kappa shape index (κ1) is 17.3. The molecule has 1 heterocycles. The molecule has 1 N–H and O–H groups in total. The summed E-state index contributed by atoms with van der Waals surface area (Å²) < 4.78 is 1.78. The van der Waals surface area contributed by atoms with Gasteiger partial charge in [0, 0.05) is 13.1 Å². The number of aliphatic hydroxyl groups excluding tert-OH is 1. The highest BCUT2D eigenvalue weighted by molar-refractivity contribution is 5.29. The Kier molecular flexibility index (Phi) is 5.93. The normalized spacial score (nSPS) is 12.4. The van der Waals surface area contributed by atoms with Crippen LogP contribution in [0.3, 0.4) is 0 Å². The maximum Gasteiger partial charge on any atom is 0.165 e. The van der Waals surface area contributed by atoms with Crippen LogP contribution in [0.4, 0.5) is 0 Å². The van der Waals surface area contributed by atoms with Gasteiger partial charge < -0.3 is 5.11 Å². The molecule has 1 unspecified atom stereocenters. The van der Waals surface area contributed by atoms with Crippen molar-refractivity contribution in [1.82, 2.24) is 19.7 Å². The van der Waals surface area contributed by atoms with Gasteiger partial charge in [-0.15, -0.1) is 5.10 Å². The summed E-state index contributed by atoms with van der Waals surface area (Å²) in [5, 5.41) is 14.7. The van der Waals surface area contributed by atoms with Gasteiger partial charge in [-0.1, -0.05) is 55.5 Å². The number of aromatic nitrogens is 3. The average molecular weight is 336 g/mol. The van der Waals surface area contributed by atoms with E-state index in [2.05, 4.69) is 27.1 Å². The van der Waals surface area contributed by atoms with Crippen molar-refractivity contribution < 1.29 is 5.11 Å². The first-order chi connectivity index (χ1) is 12.2. The maximum absolute atomic E-state index is 10.1. The predicted octanol–water partition coefficient (Wildman–Crippen LogP) is 3.04. The SMILES string of the molecule is CCC(O)CN(Cc1ccccc1)Cc1ncn(-c2ccccc2)n1. The Morgan fingerprint density at radius 2 is 1.68 bits per heavy atom. The van der Waals surface area contributed by atoms with Gasteiger partial charge in [-0.25, -0.2) is 9.67 Å². The summed E-state index contributed by atoms with van der Waals surface area (Å²) in [6, 6.07) is 20.2. The molecule has 5 nitrogen and oxygen atoms in total. The molecule has 130 valence electrons.